The number of ether oxygens (including phenoxy) is 2. The number of likely N-dealkylation sites (N-methyl/N-ethyl adjacent to an activating group) is 1. The number of carbonyl (C=O) groups is 2. The van der Waals surface area contributed by atoms with Crippen LogP contribution in [-0.4, -0.2) is 62.5 Å². The standard InChI is InChI=1S/C16H19Cl2NO6S/c1-2-19(12-5-6-26(22,23)10-12)15(20)8-25-16(21)9-24-14-4-3-11(17)7-13(14)18/h3-4,7,12H,2,5-6,8-10H2,1H3. The summed E-state index contributed by atoms with van der Waals surface area (Å²) >= 11 is 11.7. The Balaban J connectivity index is 1.81. The Morgan fingerprint density at radius 1 is 1.27 bits per heavy atom. The van der Waals surface area contributed by atoms with Crippen LogP contribution >= 0.6 is 23.2 Å². The molecule has 0 aromatic heterocycles. The van der Waals surface area contributed by atoms with Gasteiger partial charge in [0.1, 0.15) is 5.75 Å². The first-order valence-corrected chi connectivity index (χ1v) is 10.5. The molecule has 1 aliphatic heterocycles. The minimum Gasteiger partial charge on any atom is -0.480 e. The molecule has 7 nitrogen and oxygen atoms in total. The van der Waals surface area contributed by atoms with Crippen LogP contribution in [0.4, 0.5) is 0 Å². The van der Waals surface area contributed by atoms with Gasteiger partial charge >= 0.3 is 5.97 Å². The molecule has 10 heteroatoms. The molecule has 144 valence electrons. The zero-order valence-corrected chi connectivity index (χ0v) is 16.4. The highest BCUT2D eigenvalue weighted by molar-refractivity contribution is 7.91. The van der Waals surface area contributed by atoms with Crippen LogP contribution in [0.25, 0.3) is 0 Å². The molecule has 0 radical (unpaired) electrons. The smallest absolute Gasteiger partial charge is 0.344 e. The predicted molar refractivity (Wildman–Crippen MR) is 97.4 cm³/mol. The van der Waals surface area contributed by atoms with Gasteiger partial charge in [-0.3, -0.25) is 4.79 Å². The van der Waals surface area contributed by atoms with E-state index in [1.165, 1.54) is 17.0 Å². The summed E-state index contributed by atoms with van der Waals surface area (Å²) in [5.41, 5.74) is 0. The number of nitrogens with zero attached hydrogens (tertiary/aromatic N) is 1. The number of esters is 1. The SMILES string of the molecule is CCN(C(=O)COC(=O)COc1ccc(Cl)cc1Cl)C1CCS(=O)(=O)C1. The van der Waals surface area contributed by atoms with Gasteiger partial charge in [-0.05, 0) is 31.5 Å². The number of amides is 1. The monoisotopic (exact) mass is 423 g/mol. The van der Waals surface area contributed by atoms with Gasteiger partial charge in [-0.1, -0.05) is 23.2 Å². The average molecular weight is 424 g/mol. The maximum absolute atomic E-state index is 12.2. The van der Waals surface area contributed by atoms with E-state index in [-0.39, 0.29) is 28.3 Å². The van der Waals surface area contributed by atoms with Crippen molar-refractivity contribution in [3.05, 3.63) is 28.2 Å². The van der Waals surface area contributed by atoms with Crippen molar-refractivity contribution in [1.82, 2.24) is 4.90 Å². The molecule has 0 aliphatic carbocycles. The van der Waals surface area contributed by atoms with Crippen molar-refractivity contribution in [3.8, 4) is 5.75 Å². The lowest BCUT2D eigenvalue weighted by Crippen LogP contribution is -2.43. The second kappa shape index (κ2) is 8.92. The normalized spacial score (nSPS) is 18.3. The first-order chi connectivity index (χ1) is 12.2. The molecule has 1 amide bonds. The van der Waals surface area contributed by atoms with Gasteiger partial charge in [0.15, 0.2) is 23.1 Å². The van der Waals surface area contributed by atoms with Crippen LogP contribution in [0.1, 0.15) is 13.3 Å². The Hall–Kier alpha value is -1.51. The fourth-order valence-electron chi connectivity index (χ4n) is 2.66. The van der Waals surface area contributed by atoms with Crippen molar-refractivity contribution < 1.29 is 27.5 Å². The van der Waals surface area contributed by atoms with E-state index >= 15 is 0 Å². The Bertz CT molecular complexity index is 783. The summed E-state index contributed by atoms with van der Waals surface area (Å²) in [5.74, 6) is -0.895. The number of benzene rings is 1. The highest BCUT2D eigenvalue weighted by Crippen LogP contribution is 2.27. The summed E-state index contributed by atoms with van der Waals surface area (Å²) in [7, 11) is -3.11. The van der Waals surface area contributed by atoms with Crippen molar-refractivity contribution in [2.24, 2.45) is 0 Å². The maximum Gasteiger partial charge on any atom is 0.344 e. The molecule has 1 atom stereocenters. The van der Waals surface area contributed by atoms with Crippen molar-refractivity contribution >= 4 is 44.9 Å². The van der Waals surface area contributed by atoms with E-state index in [0.29, 0.717) is 18.0 Å². The van der Waals surface area contributed by atoms with Crippen LogP contribution in [0.5, 0.6) is 5.75 Å². The number of hydrogen-bond acceptors (Lipinski definition) is 6. The molecule has 1 unspecified atom stereocenters. The maximum atomic E-state index is 12.2. The van der Waals surface area contributed by atoms with Gasteiger partial charge in [-0.2, -0.15) is 0 Å². The minimum atomic E-state index is -3.11. The summed E-state index contributed by atoms with van der Waals surface area (Å²) < 4.78 is 33.3. The molecular formula is C16H19Cl2NO6S. The lowest BCUT2D eigenvalue weighted by atomic mass is 10.2. The summed E-state index contributed by atoms with van der Waals surface area (Å²) in [6, 6.07) is 4.18. The number of rotatable bonds is 7. The van der Waals surface area contributed by atoms with E-state index in [1.807, 2.05) is 0 Å². The number of sulfone groups is 1. The summed E-state index contributed by atoms with van der Waals surface area (Å²) in [4.78, 5) is 25.4. The zero-order chi connectivity index (χ0) is 19.3. The molecule has 0 saturated carbocycles. The fraction of sp³-hybridized carbons (Fsp3) is 0.500. The van der Waals surface area contributed by atoms with Gasteiger partial charge in [0.2, 0.25) is 0 Å². The van der Waals surface area contributed by atoms with E-state index in [1.54, 1.807) is 13.0 Å². The molecule has 26 heavy (non-hydrogen) atoms. The third-order valence-electron chi connectivity index (χ3n) is 3.91. The highest BCUT2D eigenvalue weighted by atomic mass is 35.5. The van der Waals surface area contributed by atoms with Gasteiger partial charge in [-0.25, -0.2) is 13.2 Å². The van der Waals surface area contributed by atoms with Crippen LogP contribution in [-0.2, 0) is 24.2 Å². The Morgan fingerprint density at radius 3 is 2.58 bits per heavy atom. The second-order valence-electron chi connectivity index (χ2n) is 5.76. The molecule has 1 aromatic carbocycles. The lowest BCUT2D eigenvalue weighted by Gasteiger charge is -2.26. The van der Waals surface area contributed by atoms with E-state index in [2.05, 4.69) is 0 Å². The Morgan fingerprint density at radius 2 is 2.00 bits per heavy atom. The average Bonchev–Trinajstić information content (AvgIpc) is 2.92. The van der Waals surface area contributed by atoms with Gasteiger partial charge in [-0.15, -0.1) is 0 Å². The molecule has 0 N–H and O–H groups in total. The third kappa shape index (κ3) is 5.75. The van der Waals surface area contributed by atoms with Crippen molar-refractivity contribution in [3.63, 3.8) is 0 Å². The lowest BCUT2D eigenvalue weighted by molar-refractivity contribution is -0.154. The van der Waals surface area contributed by atoms with Crippen LogP contribution < -0.4 is 4.74 Å². The molecule has 1 aliphatic rings. The first-order valence-electron chi connectivity index (χ1n) is 7.95. The quantitative estimate of drug-likeness (QED) is 0.622. The zero-order valence-electron chi connectivity index (χ0n) is 14.1. The minimum absolute atomic E-state index is 0.0568. The van der Waals surface area contributed by atoms with Gasteiger partial charge in [0.05, 0.1) is 16.5 Å². The number of halogens is 2. The Labute approximate surface area is 162 Å². The first kappa shape index (κ1) is 20.8. The third-order valence-corrected chi connectivity index (χ3v) is 6.19. The highest BCUT2D eigenvalue weighted by Gasteiger charge is 2.34. The topological polar surface area (TPSA) is 90.0 Å². The second-order valence-corrected chi connectivity index (χ2v) is 8.83. The van der Waals surface area contributed by atoms with Gasteiger partial charge < -0.3 is 14.4 Å². The summed E-state index contributed by atoms with van der Waals surface area (Å²) in [6.45, 7) is 1.20. The number of carbonyl (C=O) groups excluding carboxylic acids is 2. The molecule has 2 rings (SSSR count). The molecule has 1 aromatic rings. The van der Waals surface area contributed by atoms with Crippen LogP contribution in [0.15, 0.2) is 18.2 Å². The van der Waals surface area contributed by atoms with Crippen molar-refractivity contribution in [2.75, 3.05) is 31.3 Å². The van der Waals surface area contributed by atoms with Crippen LogP contribution in [0, 0.1) is 0 Å². The Kier molecular flexibility index (Phi) is 7.14. The van der Waals surface area contributed by atoms with E-state index in [0.717, 1.165) is 0 Å². The largest absolute Gasteiger partial charge is 0.480 e. The molecule has 0 spiro atoms. The van der Waals surface area contributed by atoms with Crippen molar-refractivity contribution in [2.45, 2.75) is 19.4 Å². The van der Waals surface area contributed by atoms with E-state index in [9.17, 15) is 18.0 Å². The molecule has 1 fully saturated rings. The van der Waals surface area contributed by atoms with Gasteiger partial charge in [0.25, 0.3) is 5.91 Å². The van der Waals surface area contributed by atoms with Crippen molar-refractivity contribution in [1.29, 1.82) is 0 Å². The van der Waals surface area contributed by atoms with E-state index < -0.39 is 34.9 Å². The van der Waals surface area contributed by atoms with Gasteiger partial charge in [0, 0.05) is 17.6 Å². The predicted octanol–water partition coefficient (Wildman–Crippen LogP) is 1.95. The number of hydrogen-bond donors (Lipinski definition) is 0. The van der Waals surface area contributed by atoms with E-state index in [4.69, 9.17) is 32.7 Å². The molecule has 1 heterocycles. The molecule has 0 bridgehead atoms. The fourth-order valence-corrected chi connectivity index (χ4v) is 4.85. The molecule has 1 saturated heterocycles. The van der Waals surface area contributed by atoms with Crippen LogP contribution in [0.3, 0.4) is 0 Å². The summed E-state index contributed by atoms with van der Waals surface area (Å²) in [5, 5.41) is 0.685. The van der Waals surface area contributed by atoms with Crippen LogP contribution in [0.2, 0.25) is 10.0 Å². The molecular weight excluding hydrogens is 405 g/mol. The summed E-state index contributed by atoms with van der Waals surface area (Å²) in [6.07, 6.45) is 0.397.